The Balaban J connectivity index is 3.13. The number of aliphatic carboxylic acids is 1. The molecule has 0 fully saturated rings. The lowest BCUT2D eigenvalue weighted by Gasteiger charge is -2.26. The van der Waals surface area contributed by atoms with Crippen LogP contribution in [0.3, 0.4) is 0 Å². The van der Waals surface area contributed by atoms with E-state index in [-0.39, 0.29) is 31.8 Å². The number of nitrogens with two attached hydrogens (primary N) is 4. The molecule has 218 valence electrons. The van der Waals surface area contributed by atoms with Gasteiger partial charge in [-0.1, -0.05) is 30.3 Å². The van der Waals surface area contributed by atoms with Crippen molar-refractivity contribution < 1.29 is 29.4 Å². The Kier molecular flexibility index (Phi) is 15.1. The minimum Gasteiger partial charge on any atom is -0.480 e. The van der Waals surface area contributed by atoms with Crippen molar-refractivity contribution in [2.45, 2.75) is 75.7 Å². The van der Waals surface area contributed by atoms with Crippen molar-refractivity contribution in [1.82, 2.24) is 16.0 Å². The number of nitrogens with one attached hydrogen (secondary N) is 3. The first-order chi connectivity index (χ1) is 18.5. The molecule has 0 heterocycles. The quantitative estimate of drug-likeness (QED) is 0.0534. The van der Waals surface area contributed by atoms with Gasteiger partial charge in [-0.3, -0.25) is 19.4 Å². The van der Waals surface area contributed by atoms with Crippen LogP contribution < -0.4 is 38.9 Å². The molecule has 5 unspecified atom stereocenters. The SMILES string of the molecule is CC(O)C(N)C(=O)NC(CCCN=C(N)N)C(=O)NC(Cc1ccccc1)C(=O)NC(CCCCN)C(=O)O. The van der Waals surface area contributed by atoms with Crippen LogP contribution in [0.2, 0.25) is 0 Å². The van der Waals surface area contributed by atoms with E-state index in [4.69, 9.17) is 22.9 Å². The Morgan fingerprint density at radius 3 is 2.00 bits per heavy atom. The third-order valence-corrected chi connectivity index (χ3v) is 5.88. The van der Waals surface area contributed by atoms with Crippen LogP contribution in [0.4, 0.5) is 0 Å². The number of aliphatic imine (C=N–C) groups is 1. The van der Waals surface area contributed by atoms with Crippen molar-refractivity contribution in [3.05, 3.63) is 35.9 Å². The van der Waals surface area contributed by atoms with E-state index in [0.717, 1.165) is 5.56 Å². The molecule has 14 heteroatoms. The smallest absolute Gasteiger partial charge is 0.326 e. The number of rotatable bonds is 18. The first-order valence-electron chi connectivity index (χ1n) is 12.8. The predicted molar refractivity (Wildman–Crippen MR) is 146 cm³/mol. The molecule has 0 radical (unpaired) electrons. The van der Waals surface area contributed by atoms with E-state index in [1.165, 1.54) is 6.92 Å². The predicted octanol–water partition coefficient (Wildman–Crippen LogP) is -2.34. The lowest BCUT2D eigenvalue weighted by Crippen LogP contribution is -2.58. The van der Waals surface area contributed by atoms with E-state index in [2.05, 4.69) is 20.9 Å². The third-order valence-electron chi connectivity index (χ3n) is 5.88. The maximum atomic E-state index is 13.3. The number of benzene rings is 1. The molecule has 1 aromatic rings. The Morgan fingerprint density at radius 2 is 1.44 bits per heavy atom. The van der Waals surface area contributed by atoms with Gasteiger partial charge >= 0.3 is 5.97 Å². The Bertz CT molecular complexity index is 955. The normalized spacial score (nSPS) is 14.7. The highest BCUT2D eigenvalue weighted by Crippen LogP contribution is 2.08. The second kappa shape index (κ2) is 17.7. The molecule has 0 bridgehead atoms. The van der Waals surface area contributed by atoms with Crippen LogP contribution in [-0.4, -0.2) is 83.2 Å². The Labute approximate surface area is 228 Å². The molecule has 1 aromatic carbocycles. The van der Waals surface area contributed by atoms with Crippen molar-refractivity contribution in [3.8, 4) is 0 Å². The number of aliphatic hydroxyl groups is 1. The van der Waals surface area contributed by atoms with Crippen LogP contribution in [0.25, 0.3) is 0 Å². The minimum absolute atomic E-state index is 0.0649. The van der Waals surface area contributed by atoms with Gasteiger partial charge in [0.25, 0.3) is 0 Å². The number of hydrogen-bond donors (Lipinski definition) is 9. The minimum atomic E-state index is -1.29. The molecule has 3 amide bonds. The van der Waals surface area contributed by atoms with E-state index < -0.39 is 54.0 Å². The highest BCUT2D eigenvalue weighted by molar-refractivity contribution is 5.94. The fraction of sp³-hybridized carbons (Fsp3) is 0.560. The lowest BCUT2D eigenvalue weighted by molar-refractivity contribution is -0.142. The van der Waals surface area contributed by atoms with Gasteiger partial charge < -0.3 is 49.1 Å². The molecular formula is C25H42N8O6. The van der Waals surface area contributed by atoms with Crippen LogP contribution in [0.15, 0.2) is 35.3 Å². The molecule has 0 aliphatic carbocycles. The van der Waals surface area contributed by atoms with E-state index in [1.54, 1.807) is 30.3 Å². The number of carbonyl (C=O) groups is 4. The van der Waals surface area contributed by atoms with Crippen molar-refractivity contribution in [2.24, 2.45) is 27.9 Å². The van der Waals surface area contributed by atoms with Crippen molar-refractivity contribution >= 4 is 29.7 Å². The summed E-state index contributed by atoms with van der Waals surface area (Å²) in [7, 11) is 0. The van der Waals surface area contributed by atoms with Gasteiger partial charge in [-0.15, -0.1) is 0 Å². The second-order valence-corrected chi connectivity index (χ2v) is 9.21. The number of hydrogen-bond acceptors (Lipinski definition) is 8. The van der Waals surface area contributed by atoms with Gasteiger partial charge in [0.05, 0.1) is 6.10 Å². The summed E-state index contributed by atoms with van der Waals surface area (Å²) in [5.41, 5.74) is 22.6. The highest BCUT2D eigenvalue weighted by Gasteiger charge is 2.31. The molecule has 0 aliphatic rings. The largest absolute Gasteiger partial charge is 0.480 e. The molecule has 0 saturated carbocycles. The maximum Gasteiger partial charge on any atom is 0.326 e. The zero-order chi connectivity index (χ0) is 29.4. The number of carboxylic acids is 1. The van der Waals surface area contributed by atoms with Crippen LogP contribution in [0.1, 0.15) is 44.6 Å². The molecule has 39 heavy (non-hydrogen) atoms. The van der Waals surface area contributed by atoms with Crippen LogP contribution >= 0.6 is 0 Å². The van der Waals surface area contributed by atoms with E-state index >= 15 is 0 Å². The Hall–Kier alpha value is -3.75. The summed E-state index contributed by atoms with van der Waals surface area (Å²) >= 11 is 0. The number of amides is 3. The van der Waals surface area contributed by atoms with Gasteiger partial charge in [0.1, 0.15) is 24.2 Å². The van der Waals surface area contributed by atoms with Gasteiger partial charge in [-0.05, 0) is 51.1 Å². The first kappa shape index (κ1) is 33.3. The van der Waals surface area contributed by atoms with E-state index in [1.807, 2.05) is 0 Å². The average Bonchev–Trinajstić information content (AvgIpc) is 2.88. The monoisotopic (exact) mass is 550 g/mol. The van der Waals surface area contributed by atoms with Crippen molar-refractivity contribution in [2.75, 3.05) is 13.1 Å². The van der Waals surface area contributed by atoms with Gasteiger partial charge in [-0.25, -0.2) is 4.79 Å². The fourth-order valence-corrected chi connectivity index (χ4v) is 3.61. The van der Waals surface area contributed by atoms with Crippen LogP contribution in [0.5, 0.6) is 0 Å². The van der Waals surface area contributed by atoms with E-state index in [9.17, 15) is 29.4 Å². The second-order valence-electron chi connectivity index (χ2n) is 9.21. The number of unbranched alkanes of at least 4 members (excludes halogenated alkanes) is 1. The summed E-state index contributed by atoms with van der Waals surface area (Å²) in [6, 6.07) is 4.11. The molecule has 0 aliphatic heterocycles. The fourth-order valence-electron chi connectivity index (χ4n) is 3.61. The van der Waals surface area contributed by atoms with Gasteiger partial charge in [-0.2, -0.15) is 0 Å². The Morgan fingerprint density at radius 1 is 0.872 bits per heavy atom. The van der Waals surface area contributed by atoms with Crippen molar-refractivity contribution in [1.29, 1.82) is 0 Å². The van der Waals surface area contributed by atoms with Crippen molar-refractivity contribution in [3.63, 3.8) is 0 Å². The van der Waals surface area contributed by atoms with Crippen LogP contribution in [-0.2, 0) is 25.6 Å². The first-order valence-corrected chi connectivity index (χ1v) is 12.8. The highest BCUT2D eigenvalue weighted by atomic mass is 16.4. The summed E-state index contributed by atoms with van der Waals surface area (Å²) < 4.78 is 0. The number of nitrogens with zero attached hydrogens (tertiary/aromatic N) is 1. The average molecular weight is 551 g/mol. The van der Waals surface area contributed by atoms with Gasteiger partial charge in [0, 0.05) is 13.0 Å². The maximum absolute atomic E-state index is 13.3. The molecule has 14 nitrogen and oxygen atoms in total. The number of carboxylic acid groups (broad SMARTS) is 1. The molecule has 0 saturated heterocycles. The summed E-state index contributed by atoms with van der Waals surface area (Å²) in [4.78, 5) is 54.6. The topological polar surface area (TPSA) is 261 Å². The van der Waals surface area contributed by atoms with Crippen LogP contribution in [0, 0.1) is 0 Å². The zero-order valence-electron chi connectivity index (χ0n) is 22.2. The number of carbonyl (C=O) groups excluding carboxylic acids is 3. The molecule has 0 spiro atoms. The number of guanidine groups is 1. The molecule has 13 N–H and O–H groups in total. The standard InChI is InChI=1S/C25H42N8O6/c1-15(34)20(27)23(37)31-17(11-7-13-30-25(28)29)21(35)33-19(14-16-8-3-2-4-9-16)22(36)32-18(24(38)39)10-5-6-12-26/h2-4,8-9,15,17-20,34H,5-7,10-14,26-27H2,1H3,(H,31,37)(H,32,36)(H,33,35)(H,38,39)(H4,28,29,30). The zero-order valence-corrected chi connectivity index (χ0v) is 22.2. The summed E-state index contributed by atoms with van der Waals surface area (Å²) in [6.07, 6.45) is 0.561. The summed E-state index contributed by atoms with van der Waals surface area (Å²) in [5, 5.41) is 26.9. The molecular weight excluding hydrogens is 508 g/mol. The number of aliphatic hydroxyl groups excluding tert-OH is 1. The molecule has 5 atom stereocenters. The molecule has 1 rings (SSSR count). The van der Waals surface area contributed by atoms with Gasteiger partial charge in [0.2, 0.25) is 17.7 Å². The summed E-state index contributed by atoms with van der Waals surface area (Å²) in [5.74, 6) is -3.49. The summed E-state index contributed by atoms with van der Waals surface area (Å²) in [6.45, 7) is 1.91. The lowest BCUT2D eigenvalue weighted by atomic mass is 10.0. The van der Waals surface area contributed by atoms with E-state index in [0.29, 0.717) is 25.8 Å². The molecule has 0 aromatic heterocycles. The van der Waals surface area contributed by atoms with Gasteiger partial charge in [0.15, 0.2) is 5.96 Å². The third kappa shape index (κ3) is 13.0.